The molecule has 19 heavy (non-hydrogen) atoms. The van der Waals surface area contributed by atoms with Crippen LogP contribution in [0, 0.1) is 5.92 Å². The molecule has 2 aliphatic heterocycles. The highest BCUT2D eigenvalue weighted by Crippen LogP contribution is 2.39. The normalized spacial score (nSPS) is 36.9. The summed E-state index contributed by atoms with van der Waals surface area (Å²) in [6.07, 6.45) is 13.2. The summed E-state index contributed by atoms with van der Waals surface area (Å²) < 4.78 is 0. The van der Waals surface area contributed by atoms with Gasteiger partial charge in [-0.3, -0.25) is 4.79 Å². The second-order valence-corrected chi connectivity index (χ2v) is 7.36. The van der Waals surface area contributed by atoms with Crippen LogP contribution in [0.2, 0.25) is 0 Å². The summed E-state index contributed by atoms with van der Waals surface area (Å²) in [4.78, 5) is 15.1. The number of carbonyl (C=O) groups excluding carboxylic acids is 1. The van der Waals surface area contributed by atoms with E-state index in [4.69, 9.17) is 11.6 Å². The van der Waals surface area contributed by atoms with E-state index >= 15 is 0 Å². The third kappa shape index (κ3) is 2.94. The Kier molecular flexibility index (Phi) is 4.36. The molecule has 0 aromatic rings. The molecule has 2 unspecified atom stereocenters. The van der Waals surface area contributed by atoms with Gasteiger partial charge in [0.05, 0.1) is 0 Å². The number of nitrogens with zero attached hydrogens (tertiary/aromatic N) is 1. The van der Waals surface area contributed by atoms with Gasteiger partial charge in [0, 0.05) is 23.4 Å². The zero-order valence-corrected chi connectivity index (χ0v) is 12.6. The number of hydrogen-bond donors (Lipinski definition) is 0. The van der Waals surface area contributed by atoms with Crippen molar-refractivity contribution in [1.82, 2.24) is 4.90 Å². The number of amides is 1. The van der Waals surface area contributed by atoms with Crippen LogP contribution in [-0.2, 0) is 4.79 Å². The van der Waals surface area contributed by atoms with Gasteiger partial charge < -0.3 is 4.90 Å². The molecule has 0 aromatic heterocycles. The van der Waals surface area contributed by atoms with Crippen molar-refractivity contribution in [3.63, 3.8) is 0 Å². The molecule has 3 heteroatoms. The molecule has 3 rings (SSSR count). The minimum Gasteiger partial charge on any atom is -0.336 e. The molecule has 2 heterocycles. The van der Waals surface area contributed by atoms with Gasteiger partial charge in [-0.1, -0.05) is 32.1 Å². The minimum atomic E-state index is 0.305. The lowest BCUT2D eigenvalue weighted by atomic mass is 9.88. The zero-order valence-electron chi connectivity index (χ0n) is 11.8. The quantitative estimate of drug-likeness (QED) is 0.663. The molecule has 0 spiro atoms. The highest BCUT2D eigenvalue weighted by molar-refractivity contribution is 6.20. The fourth-order valence-electron chi connectivity index (χ4n) is 4.38. The van der Waals surface area contributed by atoms with Gasteiger partial charge in [0.1, 0.15) is 0 Å². The standard InChI is InChI=1S/C16H26ClNO/c17-13-10-14-8-9-15(11-13)18(14)16(19)12-6-4-2-1-3-5-7-12/h12-15H,1-11H2. The lowest BCUT2D eigenvalue weighted by Gasteiger charge is -2.39. The van der Waals surface area contributed by atoms with Crippen LogP contribution in [0.1, 0.15) is 70.6 Å². The van der Waals surface area contributed by atoms with Crippen LogP contribution in [0.5, 0.6) is 0 Å². The topological polar surface area (TPSA) is 20.3 Å². The molecule has 1 amide bonds. The van der Waals surface area contributed by atoms with Crippen molar-refractivity contribution in [3.05, 3.63) is 0 Å². The van der Waals surface area contributed by atoms with Crippen LogP contribution in [0.3, 0.4) is 0 Å². The van der Waals surface area contributed by atoms with E-state index in [0.717, 1.165) is 25.7 Å². The van der Waals surface area contributed by atoms with Crippen molar-refractivity contribution >= 4 is 17.5 Å². The van der Waals surface area contributed by atoms with Crippen LogP contribution in [-0.4, -0.2) is 28.3 Å². The number of halogens is 1. The van der Waals surface area contributed by atoms with Crippen molar-refractivity contribution in [2.75, 3.05) is 0 Å². The van der Waals surface area contributed by atoms with Gasteiger partial charge in [0.25, 0.3) is 0 Å². The fourth-order valence-corrected chi connectivity index (χ4v) is 4.80. The Hall–Kier alpha value is -0.240. The molecule has 3 aliphatic rings. The molecule has 1 aliphatic carbocycles. The van der Waals surface area contributed by atoms with Gasteiger partial charge in [0.2, 0.25) is 5.91 Å². The van der Waals surface area contributed by atoms with E-state index in [9.17, 15) is 4.79 Å². The summed E-state index contributed by atoms with van der Waals surface area (Å²) in [5.74, 6) is 0.785. The summed E-state index contributed by atoms with van der Waals surface area (Å²) in [7, 11) is 0. The van der Waals surface area contributed by atoms with E-state index < -0.39 is 0 Å². The Morgan fingerprint density at radius 3 is 1.95 bits per heavy atom. The second-order valence-electron chi connectivity index (χ2n) is 6.74. The van der Waals surface area contributed by atoms with Gasteiger partial charge >= 0.3 is 0 Å². The molecule has 2 nitrogen and oxygen atoms in total. The summed E-state index contributed by atoms with van der Waals surface area (Å²) in [6, 6.07) is 0.915. The highest BCUT2D eigenvalue weighted by Gasteiger charge is 2.44. The lowest BCUT2D eigenvalue weighted by Crippen LogP contribution is -2.49. The molecular formula is C16H26ClNO. The van der Waals surface area contributed by atoms with E-state index in [2.05, 4.69) is 4.90 Å². The van der Waals surface area contributed by atoms with E-state index in [1.54, 1.807) is 0 Å². The maximum atomic E-state index is 12.9. The Labute approximate surface area is 121 Å². The number of carbonyl (C=O) groups is 1. The zero-order chi connectivity index (χ0) is 13.2. The monoisotopic (exact) mass is 283 g/mol. The Balaban J connectivity index is 1.66. The summed E-state index contributed by atoms with van der Waals surface area (Å²) >= 11 is 6.31. The predicted molar refractivity (Wildman–Crippen MR) is 78.3 cm³/mol. The molecule has 3 fully saturated rings. The molecule has 2 bridgehead atoms. The number of hydrogen-bond acceptors (Lipinski definition) is 1. The first kappa shape index (κ1) is 13.7. The van der Waals surface area contributed by atoms with Crippen LogP contribution in [0.15, 0.2) is 0 Å². The highest BCUT2D eigenvalue weighted by atomic mass is 35.5. The maximum absolute atomic E-state index is 12.9. The van der Waals surface area contributed by atoms with Crippen LogP contribution in [0.4, 0.5) is 0 Å². The molecule has 1 saturated carbocycles. The maximum Gasteiger partial charge on any atom is 0.226 e. The minimum absolute atomic E-state index is 0.305. The molecule has 2 atom stereocenters. The van der Waals surface area contributed by atoms with Crippen LogP contribution >= 0.6 is 11.6 Å². The molecular weight excluding hydrogens is 258 g/mol. The number of piperidine rings is 1. The fraction of sp³-hybridized carbons (Fsp3) is 0.938. The smallest absolute Gasteiger partial charge is 0.226 e. The molecule has 0 radical (unpaired) electrons. The molecule has 2 saturated heterocycles. The molecule has 0 N–H and O–H groups in total. The number of rotatable bonds is 1. The summed E-state index contributed by atoms with van der Waals surface area (Å²) in [5, 5.41) is 0.305. The van der Waals surface area contributed by atoms with Crippen LogP contribution < -0.4 is 0 Å². The van der Waals surface area contributed by atoms with E-state index in [-0.39, 0.29) is 0 Å². The Bertz CT molecular complexity index is 311. The van der Waals surface area contributed by atoms with Gasteiger partial charge in [-0.15, -0.1) is 11.6 Å². The third-order valence-corrected chi connectivity index (χ3v) is 5.74. The predicted octanol–water partition coefficient (Wildman–Crippen LogP) is 4.11. The van der Waals surface area contributed by atoms with E-state index in [1.807, 2.05) is 0 Å². The average molecular weight is 284 g/mol. The number of fused-ring (bicyclic) bond motifs is 2. The van der Waals surface area contributed by atoms with Gasteiger partial charge in [-0.2, -0.15) is 0 Å². The van der Waals surface area contributed by atoms with Crippen molar-refractivity contribution in [2.24, 2.45) is 5.92 Å². The second kappa shape index (κ2) is 6.03. The van der Waals surface area contributed by atoms with Crippen LogP contribution in [0.25, 0.3) is 0 Å². The first-order chi connectivity index (χ1) is 9.25. The molecule has 0 aromatic carbocycles. The van der Waals surface area contributed by atoms with Crippen molar-refractivity contribution in [1.29, 1.82) is 0 Å². The molecule has 108 valence electrons. The first-order valence-electron chi connectivity index (χ1n) is 8.22. The van der Waals surface area contributed by atoms with E-state index in [1.165, 1.54) is 44.9 Å². The summed E-state index contributed by atoms with van der Waals surface area (Å²) in [5.41, 5.74) is 0. The number of alkyl halides is 1. The van der Waals surface area contributed by atoms with Crippen molar-refractivity contribution in [2.45, 2.75) is 88.1 Å². The Morgan fingerprint density at radius 1 is 0.842 bits per heavy atom. The van der Waals surface area contributed by atoms with Gasteiger partial charge in [-0.05, 0) is 38.5 Å². The van der Waals surface area contributed by atoms with Gasteiger partial charge in [-0.25, -0.2) is 0 Å². The van der Waals surface area contributed by atoms with E-state index in [0.29, 0.717) is 29.3 Å². The van der Waals surface area contributed by atoms with Crippen molar-refractivity contribution in [3.8, 4) is 0 Å². The van der Waals surface area contributed by atoms with Gasteiger partial charge in [0.15, 0.2) is 0 Å². The third-order valence-electron chi connectivity index (χ3n) is 5.38. The average Bonchev–Trinajstić information content (AvgIpc) is 2.60. The lowest BCUT2D eigenvalue weighted by molar-refractivity contribution is -0.140. The Morgan fingerprint density at radius 2 is 1.37 bits per heavy atom. The summed E-state index contributed by atoms with van der Waals surface area (Å²) in [6.45, 7) is 0. The SMILES string of the molecule is O=C(C1CCCCCCC1)N1C2CCC1CC(Cl)C2. The first-order valence-corrected chi connectivity index (χ1v) is 8.65. The van der Waals surface area contributed by atoms with Crippen molar-refractivity contribution < 1.29 is 4.79 Å². The largest absolute Gasteiger partial charge is 0.336 e.